The minimum absolute atomic E-state index is 0.351. The SMILES string of the molecule is N#Cc1ccccc1COc1ccc2ncoc2c1. The van der Waals surface area contributed by atoms with E-state index in [0.717, 1.165) is 11.1 Å². The fourth-order valence-electron chi connectivity index (χ4n) is 1.84. The number of hydrogen-bond acceptors (Lipinski definition) is 4. The molecular formula is C15H10N2O2. The Morgan fingerprint density at radius 2 is 2.11 bits per heavy atom. The van der Waals surface area contributed by atoms with E-state index >= 15 is 0 Å². The summed E-state index contributed by atoms with van der Waals surface area (Å²) in [6.07, 6.45) is 1.40. The van der Waals surface area contributed by atoms with Gasteiger partial charge in [-0.05, 0) is 18.2 Å². The largest absolute Gasteiger partial charge is 0.489 e. The first-order chi connectivity index (χ1) is 9.36. The summed E-state index contributed by atoms with van der Waals surface area (Å²) in [5, 5.41) is 9.00. The third-order valence-corrected chi connectivity index (χ3v) is 2.83. The van der Waals surface area contributed by atoms with Gasteiger partial charge in [0.25, 0.3) is 0 Å². The fourth-order valence-corrected chi connectivity index (χ4v) is 1.84. The lowest BCUT2D eigenvalue weighted by atomic mass is 10.1. The molecule has 92 valence electrons. The Morgan fingerprint density at radius 1 is 1.21 bits per heavy atom. The lowest BCUT2D eigenvalue weighted by molar-refractivity contribution is 0.306. The maximum absolute atomic E-state index is 9.00. The predicted molar refractivity (Wildman–Crippen MR) is 69.5 cm³/mol. The summed E-state index contributed by atoms with van der Waals surface area (Å²) in [6.45, 7) is 0.351. The van der Waals surface area contributed by atoms with E-state index < -0.39 is 0 Å². The van der Waals surface area contributed by atoms with Crippen LogP contribution in [0.2, 0.25) is 0 Å². The van der Waals surface area contributed by atoms with Crippen molar-refractivity contribution in [1.29, 1.82) is 5.26 Å². The van der Waals surface area contributed by atoms with Gasteiger partial charge in [-0.2, -0.15) is 5.26 Å². The lowest BCUT2D eigenvalue weighted by Gasteiger charge is -2.07. The first-order valence-electron chi connectivity index (χ1n) is 5.81. The molecule has 0 spiro atoms. The molecule has 0 aliphatic rings. The zero-order valence-electron chi connectivity index (χ0n) is 10.0. The number of rotatable bonds is 3. The highest BCUT2D eigenvalue weighted by atomic mass is 16.5. The molecule has 4 heteroatoms. The molecule has 0 saturated heterocycles. The summed E-state index contributed by atoms with van der Waals surface area (Å²) >= 11 is 0. The third kappa shape index (κ3) is 2.26. The van der Waals surface area contributed by atoms with Crippen LogP contribution >= 0.6 is 0 Å². The number of nitrogens with zero attached hydrogens (tertiary/aromatic N) is 2. The summed E-state index contributed by atoms with van der Waals surface area (Å²) in [5.41, 5.74) is 2.97. The van der Waals surface area contributed by atoms with E-state index in [4.69, 9.17) is 14.4 Å². The molecule has 0 atom stereocenters. The summed E-state index contributed by atoms with van der Waals surface area (Å²) in [6, 6.07) is 15.0. The second-order valence-electron chi connectivity index (χ2n) is 4.04. The Labute approximate surface area is 109 Å². The molecule has 3 rings (SSSR count). The van der Waals surface area contributed by atoms with Gasteiger partial charge in [0.2, 0.25) is 0 Å². The number of oxazole rings is 1. The Bertz CT molecular complexity index is 756. The second kappa shape index (κ2) is 4.83. The monoisotopic (exact) mass is 250 g/mol. The first kappa shape index (κ1) is 11.3. The van der Waals surface area contributed by atoms with Crippen molar-refractivity contribution < 1.29 is 9.15 Å². The second-order valence-corrected chi connectivity index (χ2v) is 4.04. The molecule has 0 radical (unpaired) electrons. The average Bonchev–Trinajstić information content (AvgIpc) is 2.93. The van der Waals surface area contributed by atoms with E-state index in [-0.39, 0.29) is 0 Å². The summed E-state index contributed by atoms with van der Waals surface area (Å²) < 4.78 is 10.9. The van der Waals surface area contributed by atoms with Crippen LogP contribution in [0.5, 0.6) is 5.75 Å². The topological polar surface area (TPSA) is 59.0 Å². The van der Waals surface area contributed by atoms with E-state index in [1.54, 1.807) is 12.1 Å². The standard InChI is InChI=1S/C15H10N2O2/c16-8-11-3-1-2-4-12(11)9-18-13-5-6-14-15(7-13)19-10-17-14/h1-7,10H,9H2. The van der Waals surface area contributed by atoms with Crippen LogP contribution in [-0.4, -0.2) is 4.98 Å². The van der Waals surface area contributed by atoms with Crippen LogP contribution in [-0.2, 0) is 6.61 Å². The van der Waals surface area contributed by atoms with Crippen molar-refractivity contribution in [2.24, 2.45) is 0 Å². The molecule has 0 unspecified atom stereocenters. The van der Waals surface area contributed by atoms with Crippen molar-refractivity contribution >= 4 is 11.1 Å². The highest BCUT2D eigenvalue weighted by Gasteiger charge is 2.04. The lowest BCUT2D eigenvalue weighted by Crippen LogP contribution is -1.97. The molecule has 2 aromatic carbocycles. The van der Waals surface area contributed by atoms with Gasteiger partial charge in [0.05, 0.1) is 11.6 Å². The van der Waals surface area contributed by atoms with Gasteiger partial charge in [-0.1, -0.05) is 18.2 Å². The van der Waals surface area contributed by atoms with Gasteiger partial charge in [-0.15, -0.1) is 0 Å². The molecule has 0 bridgehead atoms. The van der Waals surface area contributed by atoms with Gasteiger partial charge in [0.1, 0.15) is 17.9 Å². The first-order valence-corrected chi connectivity index (χ1v) is 5.81. The van der Waals surface area contributed by atoms with Crippen LogP contribution in [0, 0.1) is 11.3 Å². The van der Waals surface area contributed by atoms with Crippen molar-refractivity contribution in [2.75, 3.05) is 0 Å². The van der Waals surface area contributed by atoms with Crippen molar-refractivity contribution in [3.8, 4) is 11.8 Å². The molecule has 1 heterocycles. The molecule has 0 saturated carbocycles. The Balaban J connectivity index is 1.80. The van der Waals surface area contributed by atoms with Gasteiger partial charge < -0.3 is 9.15 Å². The number of fused-ring (bicyclic) bond motifs is 1. The maximum atomic E-state index is 9.00. The Hall–Kier alpha value is -2.80. The molecule has 0 aliphatic carbocycles. The summed E-state index contributed by atoms with van der Waals surface area (Å²) in [4.78, 5) is 4.04. The van der Waals surface area contributed by atoms with E-state index in [2.05, 4.69) is 11.1 Å². The molecule has 19 heavy (non-hydrogen) atoms. The highest BCUT2D eigenvalue weighted by molar-refractivity contribution is 5.73. The van der Waals surface area contributed by atoms with Gasteiger partial charge in [-0.25, -0.2) is 4.98 Å². The van der Waals surface area contributed by atoms with Gasteiger partial charge in [0, 0.05) is 11.6 Å². The van der Waals surface area contributed by atoms with Crippen molar-refractivity contribution in [3.63, 3.8) is 0 Å². The van der Waals surface area contributed by atoms with Crippen LogP contribution < -0.4 is 4.74 Å². The van der Waals surface area contributed by atoms with Crippen molar-refractivity contribution in [2.45, 2.75) is 6.61 Å². The molecule has 0 aliphatic heterocycles. The number of aromatic nitrogens is 1. The molecular weight excluding hydrogens is 240 g/mol. The quantitative estimate of drug-likeness (QED) is 0.715. The summed E-state index contributed by atoms with van der Waals surface area (Å²) in [7, 11) is 0. The summed E-state index contributed by atoms with van der Waals surface area (Å²) in [5.74, 6) is 0.692. The normalized spacial score (nSPS) is 10.3. The van der Waals surface area contributed by atoms with Gasteiger partial charge >= 0.3 is 0 Å². The molecule has 1 aromatic heterocycles. The number of hydrogen-bond donors (Lipinski definition) is 0. The number of nitriles is 1. The van der Waals surface area contributed by atoms with Crippen LogP contribution in [0.4, 0.5) is 0 Å². The Kier molecular flexibility index (Phi) is 2.87. The third-order valence-electron chi connectivity index (χ3n) is 2.83. The Morgan fingerprint density at radius 3 is 3.00 bits per heavy atom. The predicted octanol–water partition coefficient (Wildman–Crippen LogP) is 3.28. The van der Waals surface area contributed by atoms with Crippen LogP contribution in [0.15, 0.2) is 53.3 Å². The molecule has 4 nitrogen and oxygen atoms in total. The average molecular weight is 250 g/mol. The molecule has 0 fully saturated rings. The van der Waals surface area contributed by atoms with E-state index in [0.29, 0.717) is 23.5 Å². The minimum Gasteiger partial charge on any atom is -0.489 e. The van der Waals surface area contributed by atoms with Crippen LogP contribution in [0.1, 0.15) is 11.1 Å². The van der Waals surface area contributed by atoms with Crippen LogP contribution in [0.25, 0.3) is 11.1 Å². The van der Waals surface area contributed by atoms with E-state index in [1.165, 1.54) is 6.39 Å². The smallest absolute Gasteiger partial charge is 0.181 e. The van der Waals surface area contributed by atoms with Crippen LogP contribution in [0.3, 0.4) is 0 Å². The van der Waals surface area contributed by atoms with Crippen molar-refractivity contribution in [3.05, 3.63) is 60.0 Å². The molecule has 0 N–H and O–H groups in total. The van der Waals surface area contributed by atoms with Gasteiger partial charge in [-0.3, -0.25) is 0 Å². The zero-order chi connectivity index (χ0) is 13.1. The van der Waals surface area contributed by atoms with E-state index in [9.17, 15) is 0 Å². The molecule has 0 amide bonds. The number of benzene rings is 2. The van der Waals surface area contributed by atoms with Crippen molar-refractivity contribution in [1.82, 2.24) is 4.98 Å². The minimum atomic E-state index is 0.351. The maximum Gasteiger partial charge on any atom is 0.181 e. The molecule has 3 aromatic rings. The fraction of sp³-hybridized carbons (Fsp3) is 0.0667. The highest BCUT2D eigenvalue weighted by Crippen LogP contribution is 2.21. The number of ether oxygens (including phenoxy) is 1. The van der Waals surface area contributed by atoms with Gasteiger partial charge in [0.15, 0.2) is 12.0 Å². The van der Waals surface area contributed by atoms with E-state index in [1.807, 2.05) is 30.3 Å². The zero-order valence-corrected chi connectivity index (χ0v) is 10.0.